The summed E-state index contributed by atoms with van der Waals surface area (Å²) in [5.41, 5.74) is 1.02. The standard InChI is InChI=1S/C10H16O2/c1-4-12-9(11)10(3)6-5-8(2)7-10/h5H,4,6-7H2,1-3H3. The third-order valence-corrected chi connectivity index (χ3v) is 2.34. The first-order valence-electron chi connectivity index (χ1n) is 4.41. The van der Waals surface area contributed by atoms with Gasteiger partial charge in [-0.2, -0.15) is 0 Å². The van der Waals surface area contributed by atoms with Crippen molar-refractivity contribution in [3.8, 4) is 0 Å². The molecule has 0 N–H and O–H groups in total. The molecule has 68 valence electrons. The van der Waals surface area contributed by atoms with E-state index in [9.17, 15) is 4.79 Å². The van der Waals surface area contributed by atoms with Crippen LogP contribution in [0.5, 0.6) is 0 Å². The van der Waals surface area contributed by atoms with Crippen LogP contribution in [0.2, 0.25) is 0 Å². The topological polar surface area (TPSA) is 26.3 Å². The predicted molar refractivity (Wildman–Crippen MR) is 47.7 cm³/mol. The third kappa shape index (κ3) is 1.68. The number of rotatable bonds is 2. The van der Waals surface area contributed by atoms with Gasteiger partial charge in [0.15, 0.2) is 0 Å². The number of ether oxygens (including phenoxy) is 1. The van der Waals surface area contributed by atoms with Crippen LogP contribution in [0.4, 0.5) is 0 Å². The van der Waals surface area contributed by atoms with Crippen LogP contribution in [0.1, 0.15) is 33.6 Å². The number of carbonyl (C=O) groups is 1. The van der Waals surface area contributed by atoms with E-state index in [2.05, 4.69) is 13.0 Å². The van der Waals surface area contributed by atoms with E-state index in [1.807, 2.05) is 13.8 Å². The van der Waals surface area contributed by atoms with Crippen LogP contribution in [-0.4, -0.2) is 12.6 Å². The number of carbonyl (C=O) groups excluding carboxylic acids is 1. The molecule has 0 aromatic heterocycles. The molecule has 1 atom stereocenters. The van der Waals surface area contributed by atoms with Gasteiger partial charge in [0.05, 0.1) is 12.0 Å². The summed E-state index contributed by atoms with van der Waals surface area (Å²) in [4.78, 5) is 11.5. The Morgan fingerprint density at radius 3 is 2.83 bits per heavy atom. The van der Waals surface area contributed by atoms with Gasteiger partial charge in [0.2, 0.25) is 0 Å². The Morgan fingerprint density at radius 1 is 1.75 bits per heavy atom. The van der Waals surface area contributed by atoms with Gasteiger partial charge in [0.1, 0.15) is 0 Å². The molecule has 0 fully saturated rings. The van der Waals surface area contributed by atoms with Gasteiger partial charge >= 0.3 is 5.97 Å². The quantitative estimate of drug-likeness (QED) is 0.467. The maximum atomic E-state index is 11.5. The van der Waals surface area contributed by atoms with Crippen LogP contribution in [-0.2, 0) is 9.53 Å². The van der Waals surface area contributed by atoms with Gasteiger partial charge in [-0.25, -0.2) is 0 Å². The van der Waals surface area contributed by atoms with Crippen LogP contribution in [0, 0.1) is 5.41 Å². The molecule has 12 heavy (non-hydrogen) atoms. The van der Waals surface area contributed by atoms with Crippen molar-refractivity contribution in [1.82, 2.24) is 0 Å². The van der Waals surface area contributed by atoms with Crippen molar-refractivity contribution in [2.24, 2.45) is 5.41 Å². The van der Waals surface area contributed by atoms with Crippen molar-refractivity contribution in [3.63, 3.8) is 0 Å². The summed E-state index contributed by atoms with van der Waals surface area (Å²) < 4.78 is 5.00. The van der Waals surface area contributed by atoms with Crippen LogP contribution in [0.3, 0.4) is 0 Å². The zero-order chi connectivity index (χ0) is 9.19. The number of hydrogen-bond donors (Lipinski definition) is 0. The average molecular weight is 168 g/mol. The first-order valence-corrected chi connectivity index (χ1v) is 4.41. The fraction of sp³-hybridized carbons (Fsp3) is 0.700. The summed E-state index contributed by atoms with van der Waals surface area (Å²) in [5.74, 6) is -0.0573. The van der Waals surface area contributed by atoms with E-state index < -0.39 is 0 Å². The van der Waals surface area contributed by atoms with E-state index in [1.54, 1.807) is 0 Å². The third-order valence-electron chi connectivity index (χ3n) is 2.34. The number of esters is 1. The molecular formula is C10H16O2. The maximum Gasteiger partial charge on any atom is 0.312 e. The van der Waals surface area contributed by atoms with E-state index >= 15 is 0 Å². The minimum atomic E-state index is -0.278. The number of allylic oxidation sites excluding steroid dienone is 2. The largest absolute Gasteiger partial charge is 0.466 e. The van der Waals surface area contributed by atoms with E-state index in [1.165, 1.54) is 5.57 Å². The minimum Gasteiger partial charge on any atom is -0.466 e. The fourth-order valence-electron chi connectivity index (χ4n) is 1.62. The molecule has 0 aromatic carbocycles. The highest BCUT2D eigenvalue weighted by molar-refractivity contribution is 5.77. The normalized spacial score (nSPS) is 28.4. The van der Waals surface area contributed by atoms with E-state index in [0.29, 0.717) is 6.61 Å². The molecule has 1 aliphatic carbocycles. The summed E-state index contributed by atoms with van der Waals surface area (Å²) in [6, 6.07) is 0. The molecule has 0 aliphatic heterocycles. The van der Waals surface area contributed by atoms with Crippen molar-refractivity contribution in [2.45, 2.75) is 33.6 Å². The highest BCUT2D eigenvalue weighted by atomic mass is 16.5. The Morgan fingerprint density at radius 2 is 2.42 bits per heavy atom. The monoisotopic (exact) mass is 168 g/mol. The van der Waals surface area contributed by atoms with Gasteiger partial charge in [0.25, 0.3) is 0 Å². The molecule has 2 heteroatoms. The lowest BCUT2D eigenvalue weighted by Crippen LogP contribution is -2.27. The van der Waals surface area contributed by atoms with Gasteiger partial charge in [-0.1, -0.05) is 11.6 Å². The van der Waals surface area contributed by atoms with Gasteiger partial charge in [-0.3, -0.25) is 4.79 Å². The van der Waals surface area contributed by atoms with Crippen molar-refractivity contribution in [3.05, 3.63) is 11.6 Å². The molecule has 0 heterocycles. The SMILES string of the molecule is CCOC(=O)C1(C)CC=C(C)C1. The predicted octanol–water partition coefficient (Wildman–Crippen LogP) is 2.30. The Balaban J connectivity index is 2.57. The molecule has 0 saturated heterocycles. The first kappa shape index (κ1) is 9.30. The zero-order valence-corrected chi connectivity index (χ0v) is 8.02. The van der Waals surface area contributed by atoms with Crippen LogP contribution < -0.4 is 0 Å². The maximum absolute atomic E-state index is 11.5. The lowest BCUT2D eigenvalue weighted by molar-refractivity contribution is -0.153. The fourth-order valence-corrected chi connectivity index (χ4v) is 1.62. The van der Waals surface area contributed by atoms with Gasteiger partial charge in [0, 0.05) is 0 Å². The summed E-state index contributed by atoms with van der Waals surface area (Å²) in [6.45, 7) is 6.35. The van der Waals surface area contributed by atoms with Gasteiger partial charge in [-0.15, -0.1) is 0 Å². The van der Waals surface area contributed by atoms with Crippen molar-refractivity contribution in [1.29, 1.82) is 0 Å². The molecule has 2 nitrogen and oxygen atoms in total. The van der Waals surface area contributed by atoms with Gasteiger partial charge < -0.3 is 4.74 Å². The molecule has 1 unspecified atom stereocenters. The van der Waals surface area contributed by atoms with Crippen molar-refractivity contribution in [2.75, 3.05) is 6.61 Å². The molecule has 0 amide bonds. The van der Waals surface area contributed by atoms with Crippen LogP contribution >= 0.6 is 0 Å². The molecule has 1 rings (SSSR count). The molecule has 0 saturated carbocycles. The lowest BCUT2D eigenvalue weighted by atomic mass is 9.87. The Bertz CT molecular complexity index is 218. The summed E-state index contributed by atoms with van der Waals surface area (Å²) in [5, 5.41) is 0. The van der Waals surface area contributed by atoms with Crippen molar-refractivity contribution >= 4 is 5.97 Å². The highest BCUT2D eigenvalue weighted by Crippen LogP contribution is 2.37. The Kier molecular flexibility index (Phi) is 2.55. The molecule has 0 spiro atoms. The molecule has 0 bridgehead atoms. The lowest BCUT2D eigenvalue weighted by Gasteiger charge is -2.21. The molecular weight excluding hydrogens is 152 g/mol. The van der Waals surface area contributed by atoms with E-state index in [4.69, 9.17) is 4.74 Å². The highest BCUT2D eigenvalue weighted by Gasteiger charge is 2.37. The smallest absolute Gasteiger partial charge is 0.312 e. The van der Waals surface area contributed by atoms with E-state index in [0.717, 1.165) is 12.8 Å². The zero-order valence-electron chi connectivity index (χ0n) is 8.02. The first-order chi connectivity index (χ1) is 5.58. The van der Waals surface area contributed by atoms with Crippen molar-refractivity contribution < 1.29 is 9.53 Å². The summed E-state index contributed by atoms with van der Waals surface area (Å²) in [6.07, 6.45) is 3.81. The molecule has 0 aromatic rings. The summed E-state index contributed by atoms with van der Waals surface area (Å²) in [7, 11) is 0. The Hall–Kier alpha value is -0.790. The molecule has 1 aliphatic rings. The minimum absolute atomic E-state index is 0.0573. The second-order valence-corrected chi connectivity index (χ2v) is 3.71. The summed E-state index contributed by atoms with van der Waals surface area (Å²) >= 11 is 0. The van der Waals surface area contributed by atoms with Crippen LogP contribution in [0.15, 0.2) is 11.6 Å². The second kappa shape index (κ2) is 3.30. The second-order valence-electron chi connectivity index (χ2n) is 3.71. The number of hydrogen-bond acceptors (Lipinski definition) is 2. The van der Waals surface area contributed by atoms with E-state index in [-0.39, 0.29) is 11.4 Å². The van der Waals surface area contributed by atoms with Gasteiger partial charge in [-0.05, 0) is 33.6 Å². The average Bonchev–Trinajstić information content (AvgIpc) is 2.33. The Labute approximate surface area is 73.6 Å². The molecule has 0 radical (unpaired) electrons. The van der Waals surface area contributed by atoms with Crippen LogP contribution in [0.25, 0.3) is 0 Å².